The number of hydrogen-bond acceptors (Lipinski definition) is 3. The van der Waals surface area contributed by atoms with Gasteiger partial charge in [0.2, 0.25) is 5.91 Å². The van der Waals surface area contributed by atoms with E-state index in [2.05, 4.69) is 0 Å². The SMILES string of the molecule is CC(N)C(C)C(=O)N1CCN(CC(F)(F)C(F)F)CC1.Cl.Cl. The maximum atomic E-state index is 12.9. The third-order valence-corrected chi connectivity index (χ3v) is 3.62. The van der Waals surface area contributed by atoms with Crippen molar-refractivity contribution in [2.24, 2.45) is 11.7 Å². The van der Waals surface area contributed by atoms with Crippen LogP contribution in [0.25, 0.3) is 0 Å². The van der Waals surface area contributed by atoms with Crippen LogP contribution in [-0.2, 0) is 4.79 Å². The van der Waals surface area contributed by atoms with Gasteiger partial charge in [0, 0.05) is 32.2 Å². The molecule has 10 heteroatoms. The Hall–Kier alpha value is -0.310. The Kier molecular flexibility index (Phi) is 10.6. The first kappa shape index (κ1) is 23.9. The Balaban J connectivity index is 0. The average Bonchev–Trinajstić information content (AvgIpc) is 2.37. The zero-order valence-electron chi connectivity index (χ0n) is 12.5. The Morgan fingerprint density at radius 1 is 1.14 bits per heavy atom. The maximum absolute atomic E-state index is 12.9. The molecule has 134 valence electrons. The lowest BCUT2D eigenvalue weighted by atomic mass is 10.0. The van der Waals surface area contributed by atoms with E-state index in [1.165, 1.54) is 4.90 Å². The summed E-state index contributed by atoms with van der Waals surface area (Å²) in [7, 11) is 0. The highest BCUT2D eigenvalue weighted by Crippen LogP contribution is 2.24. The minimum Gasteiger partial charge on any atom is -0.340 e. The van der Waals surface area contributed by atoms with Crippen molar-refractivity contribution in [2.75, 3.05) is 32.7 Å². The van der Waals surface area contributed by atoms with Gasteiger partial charge < -0.3 is 10.6 Å². The number of amides is 1. The molecule has 1 heterocycles. The Morgan fingerprint density at radius 2 is 1.59 bits per heavy atom. The van der Waals surface area contributed by atoms with Gasteiger partial charge in [0.05, 0.1) is 12.5 Å². The fourth-order valence-corrected chi connectivity index (χ4v) is 2.01. The van der Waals surface area contributed by atoms with Crippen molar-refractivity contribution in [3.8, 4) is 0 Å². The summed E-state index contributed by atoms with van der Waals surface area (Å²) in [6, 6.07) is -0.288. The lowest BCUT2D eigenvalue weighted by Crippen LogP contribution is -2.54. The lowest BCUT2D eigenvalue weighted by molar-refractivity contribution is -0.149. The molecule has 1 fully saturated rings. The van der Waals surface area contributed by atoms with Crippen molar-refractivity contribution >= 4 is 30.7 Å². The predicted molar refractivity (Wildman–Crippen MR) is 81.3 cm³/mol. The van der Waals surface area contributed by atoms with Crippen LogP contribution in [0.1, 0.15) is 13.8 Å². The fourth-order valence-electron chi connectivity index (χ4n) is 2.01. The average molecular weight is 372 g/mol. The molecule has 2 atom stereocenters. The molecule has 0 saturated carbocycles. The van der Waals surface area contributed by atoms with E-state index in [0.717, 1.165) is 0 Å². The van der Waals surface area contributed by atoms with Gasteiger partial charge in [-0.15, -0.1) is 24.8 Å². The van der Waals surface area contributed by atoms with Crippen LogP contribution < -0.4 is 5.73 Å². The molecule has 0 bridgehead atoms. The number of carbonyl (C=O) groups excluding carboxylic acids is 1. The highest BCUT2D eigenvalue weighted by Gasteiger charge is 2.42. The number of piperazine rings is 1. The van der Waals surface area contributed by atoms with Crippen molar-refractivity contribution in [3.63, 3.8) is 0 Å². The number of halogens is 6. The molecule has 0 aliphatic carbocycles. The normalized spacial score (nSPS) is 19.2. The van der Waals surface area contributed by atoms with Crippen molar-refractivity contribution in [1.29, 1.82) is 0 Å². The predicted octanol–water partition coefficient (Wildman–Crippen LogP) is 1.86. The topological polar surface area (TPSA) is 49.6 Å². The second kappa shape index (κ2) is 9.75. The van der Waals surface area contributed by atoms with Gasteiger partial charge in [-0.2, -0.15) is 8.78 Å². The standard InChI is InChI=1S/C12H21F4N3O.2ClH/c1-8(9(2)17)10(20)19-5-3-18(4-6-19)7-12(15,16)11(13)14;;/h8-9,11H,3-7,17H2,1-2H3;2*1H. The van der Waals surface area contributed by atoms with Gasteiger partial charge in [0.25, 0.3) is 0 Å². The number of carbonyl (C=O) groups is 1. The van der Waals surface area contributed by atoms with Gasteiger partial charge in [-0.3, -0.25) is 9.69 Å². The van der Waals surface area contributed by atoms with E-state index in [4.69, 9.17) is 5.73 Å². The first-order chi connectivity index (χ1) is 9.15. The number of nitrogens with two attached hydrogens (primary N) is 1. The van der Waals surface area contributed by atoms with Crippen molar-refractivity contribution < 1.29 is 22.4 Å². The summed E-state index contributed by atoms with van der Waals surface area (Å²) in [5.74, 6) is -4.48. The van der Waals surface area contributed by atoms with Crippen LogP contribution in [0, 0.1) is 5.92 Å². The molecule has 22 heavy (non-hydrogen) atoms. The molecule has 4 nitrogen and oxygen atoms in total. The van der Waals surface area contributed by atoms with Crippen LogP contribution in [0.4, 0.5) is 17.6 Å². The van der Waals surface area contributed by atoms with E-state index < -0.39 is 18.9 Å². The number of hydrogen-bond donors (Lipinski definition) is 1. The summed E-state index contributed by atoms with van der Waals surface area (Å²) in [6.07, 6.45) is -3.67. The molecule has 1 aliphatic rings. The molecule has 0 aromatic heterocycles. The van der Waals surface area contributed by atoms with Crippen molar-refractivity contribution in [2.45, 2.75) is 32.2 Å². The van der Waals surface area contributed by atoms with E-state index in [0.29, 0.717) is 0 Å². The number of rotatable bonds is 5. The number of alkyl halides is 4. The minimum absolute atomic E-state index is 0. The molecule has 1 amide bonds. The molecular formula is C12H23Cl2F4N3O. The summed E-state index contributed by atoms with van der Waals surface area (Å²) in [6.45, 7) is 3.31. The largest absolute Gasteiger partial charge is 0.340 e. The van der Waals surface area contributed by atoms with Gasteiger partial charge in [-0.25, -0.2) is 8.78 Å². The quantitative estimate of drug-likeness (QED) is 0.750. The summed E-state index contributed by atoms with van der Waals surface area (Å²) in [5.41, 5.74) is 5.65. The molecular weight excluding hydrogens is 349 g/mol. The third kappa shape index (κ3) is 6.44. The van der Waals surface area contributed by atoms with E-state index in [-0.39, 0.29) is 68.9 Å². The smallest absolute Gasteiger partial charge is 0.319 e. The summed E-state index contributed by atoms with van der Waals surface area (Å²) in [4.78, 5) is 14.8. The Labute approximate surface area is 140 Å². The monoisotopic (exact) mass is 371 g/mol. The van der Waals surface area contributed by atoms with Crippen LogP contribution in [0.5, 0.6) is 0 Å². The van der Waals surface area contributed by atoms with Crippen molar-refractivity contribution in [1.82, 2.24) is 9.80 Å². The molecule has 1 saturated heterocycles. The maximum Gasteiger partial charge on any atom is 0.319 e. The van der Waals surface area contributed by atoms with Gasteiger partial charge in [-0.05, 0) is 6.92 Å². The van der Waals surface area contributed by atoms with Gasteiger partial charge in [0.1, 0.15) is 0 Å². The van der Waals surface area contributed by atoms with Crippen LogP contribution in [-0.4, -0.2) is 66.8 Å². The Morgan fingerprint density at radius 3 is 1.95 bits per heavy atom. The van der Waals surface area contributed by atoms with Gasteiger partial charge in [-0.1, -0.05) is 6.92 Å². The molecule has 0 aromatic carbocycles. The van der Waals surface area contributed by atoms with Crippen LogP contribution >= 0.6 is 24.8 Å². The molecule has 1 aliphatic heterocycles. The van der Waals surface area contributed by atoms with E-state index in [9.17, 15) is 22.4 Å². The molecule has 1 rings (SSSR count). The Bertz CT molecular complexity index is 340. The van der Waals surface area contributed by atoms with Gasteiger partial charge in [0.15, 0.2) is 0 Å². The molecule has 0 radical (unpaired) electrons. The molecule has 2 N–H and O–H groups in total. The summed E-state index contributed by atoms with van der Waals surface area (Å²) < 4.78 is 50.1. The second-order valence-corrected chi connectivity index (χ2v) is 5.31. The number of nitrogens with zero attached hydrogens (tertiary/aromatic N) is 2. The van der Waals surface area contributed by atoms with E-state index in [1.807, 2.05) is 0 Å². The first-order valence-electron chi connectivity index (χ1n) is 6.58. The summed E-state index contributed by atoms with van der Waals surface area (Å²) >= 11 is 0. The second-order valence-electron chi connectivity index (χ2n) is 5.31. The molecule has 0 spiro atoms. The fraction of sp³-hybridized carbons (Fsp3) is 0.917. The minimum atomic E-state index is -4.01. The summed E-state index contributed by atoms with van der Waals surface area (Å²) in [5, 5.41) is 0. The molecule has 0 aromatic rings. The van der Waals surface area contributed by atoms with Gasteiger partial charge >= 0.3 is 12.3 Å². The zero-order valence-corrected chi connectivity index (χ0v) is 14.1. The van der Waals surface area contributed by atoms with E-state index >= 15 is 0 Å². The zero-order chi connectivity index (χ0) is 15.5. The highest BCUT2D eigenvalue weighted by molar-refractivity contribution is 5.85. The first-order valence-corrected chi connectivity index (χ1v) is 6.58. The van der Waals surface area contributed by atoms with Crippen molar-refractivity contribution in [3.05, 3.63) is 0 Å². The third-order valence-electron chi connectivity index (χ3n) is 3.62. The molecule has 2 unspecified atom stereocenters. The van der Waals surface area contributed by atoms with Crippen LogP contribution in [0.15, 0.2) is 0 Å². The van der Waals surface area contributed by atoms with Crippen LogP contribution in [0.2, 0.25) is 0 Å². The van der Waals surface area contributed by atoms with E-state index in [1.54, 1.807) is 18.7 Å². The lowest BCUT2D eigenvalue weighted by Gasteiger charge is -2.37. The highest BCUT2D eigenvalue weighted by atomic mass is 35.5. The van der Waals surface area contributed by atoms with Crippen LogP contribution in [0.3, 0.4) is 0 Å².